The SMILES string of the molecule is c1ccc(-c2ccc(-c3nc(-c4ccc5ccccc5c4)nc(-c4ccc(-c5ccc6oc7ccccc7c6c5)c5ccccc45)n3)cc2)cc1. The molecule has 0 spiro atoms. The van der Waals surface area contributed by atoms with Crippen LogP contribution in [-0.4, -0.2) is 15.0 Å². The van der Waals surface area contributed by atoms with Crippen molar-refractivity contribution < 1.29 is 4.42 Å². The quantitative estimate of drug-likeness (QED) is 0.186. The van der Waals surface area contributed by atoms with Crippen LogP contribution in [0, 0.1) is 0 Å². The third-order valence-electron chi connectivity index (χ3n) is 9.75. The maximum atomic E-state index is 6.13. The summed E-state index contributed by atoms with van der Waals surface area (Å²) in [5, 5.41) is 6.75. The van der Waals surface area contributed by atoms with E-state index >= 15 is 0 Å². The van der Waals surface area contributed by atoms with Crippen molar-refractivity contribution in [1.82, 2.24) is 15.0 Å². The molecule has 2 aromatic heterocycles. The van der Waals surface area contributed by atoms with E-state index in [1.54, 1.807) is 0 Å². The van der Waals surface area contributed by atoms with E-state index in [4.69, 9.17) is 19.4 Å². The minimum absolute atomic E-state index is 0.633. The second-order valence-electron chi connectivity index (χ2n) is 12.8. The molecule has 4 heteroatoms. The average Bonchev–Trinajstić information content (AvgIpc) is 3.58. The van der Waals surface area contributed by atoms with Gasteiger partial charge in [0.15, 0.2) is 17.5 Å². The molecular formula is C47H29N3O. The monoisotopic (exact) mass is 651 g/mol. The molecule has 0 aliphatic rings. The van der Waals surface area contributed by atoms with Gasteiger partial charge in [0.2, 0.25) is 0 Å². The van der Waals surface area contributed by atoms with Crippen LogP contribution in [0.5, 0.6) is 0 Å². The summed E-state index contributed by atoms with van der Waals surface area (Å²) in [6, 6.07) is 61.1. The normalized spacial score (nSPS) is 11.5. The Labute approximate surface area is 294 Å². The van der Waals surface area contributed by atoms with Crippen molar-refractivity contribution >= 4 is 43.5 Å². The molecule has 0 saturated heterocycles. The first-order valence-electron chi connectivity index (χ1n) is 17.1. The number of hydrogen-bond donors (Lipinski definition) is 0. The molecule has 10 aromatic rings. The topological polar surface area (TPSA) is 51.8 Å². The molecule has 0 aliphatic carbocycles. The standard InChI is InChI=1S/C47H29N3O/c1-2-10-30(11-3-1)32-18-21-33(22-19-32)45-48-46(36-23-20-31-12-4-5-13-34(31)28-36)50-47(49-45)41-26-25-37(38-14-6-7-15-39(38)41)35-24-27-44-42(29-35)40-16-8-9-17-43(40)51-44/h1-29H. The number of furan rings is 1. The molecule has 0 fully saturated rings. The summed E-state index contributed by atoms with van der Waals surface area (Å²) in [7, 11) is 0. The lowest BCUT2D eigenvalue weighted by Gasteiger charge is -2.13. The molecule has 0 amide bonds. The van der Waals surface area contributed by atoms with Gasteiger partial charge < -0.3 is 4.42 Å². The third kappa shape index (κ3) is 5.13. The van der Waals surface area contributed by atoms with E-state index in [1.807, 2.05) is 18.2 Å². The van der Waals surface area contributed by atoms with Gasteiger partial charge in [-0.05, 0) is 74.1 Å². The van der Waals surface area contributed by atoms with Gasteiger partial charge in [0.25, 0.3) is 0 Å². The summed E-state index contributed by atoms with van der Waals surface area (Å²) >= 11 is 0. The molecule has 0 radical (unpaired) electrons. The number of benzene rings is 8. The summed E-state index contributed by atoms with van der Waals surface area (Å²) in [6.07, 6.45) is 0. The summed E-state index contributed by atoms with van der Waals surface area (Å²) in [5.74, 6) is 1.90. The largest absolute Gasteiger partial charge is 0.456 e. The Bertz CT molecular complexity index is 2910. The average molecular weight is 652 g/mol. The Morgan fingerprint density at radius 1 is 0.294 bits per heavy atom. The highest BCUT2D eigenvalue weighted by molar-refractivity contribution is 6.09. The van der Waals surface area contributed by atoms with Gasteiger partial charge in [-0.1, -0.05) is 146 Å². The van der Waals surface area contributed by atoms with E-state index in [0.29, 0.717) is 17.5 Å². The first-order valence-corrected chi connectivity index (χ1v) is 17.1. The highest BCUT2D eigenvalue weighted by Gasteiger charge is 2.17. The lowest BCUT2D eigenvalue weighted by molar-refractivity contribution is 0.669. The van der Waals surface area contributed by atoms with Crippen LogP contribution < -0.4 is 0 Å². The van der Waals surface area contributed by atoms with Crippen LogP contribution in [-0.2, 0) is 0 Å². The molecule has 238 valence electrons. The highest BCUT2D eigenvalue weighted by Crippen LogP contribution is 2.38. The molecule has 0 aliphatic heterocycles. The van der Waals surface area contributed by atoms with Crippen LogP contribution in [0.3, 0.4) is 0 Å². The lowest BCUT2D eigenvalue weighted by Crippen LogP contribution is -2.01. The van der Waals surface area contributed by atoms with Crippen molar-refractivity contribution in [2.75, 3.05) is 0 Å². The lowest BCUT2D eigenvalue weighted by atomic mass is 9.94. The molecular weight excluding hydrogens is 623 g/mol. The molecule has 8 aromatic carbocycles. The first-order chi connectivity index (χ1) is 25.2. The van der Waals surface area contributed by atoms with Crippen LogP contribution >= 0.6 is 0 Å². The minimum atomic E-state index is 0.633. The van der Waals surface area contributed by atoms with E-state index in [1.165, 1.54) is 10.9 Å². The third-order valence-corrected chi connectivity index (χ3v) is 9.75. The van der Waals surface area contributed by atoms with Gasteiger partial charge >= 0.3 is 0 Å². The minimum Gasteiger partial charge on any atom is -0.456 e. The Kier molecular flexibility index (Phi) is 6.78. The van der Waals surface area contributed by atoms with Crippen molar-refractivity contribution in [3.63, 3.8) is 0 Å². The van der Waals surface area contributed by atoms with Gasteiger partial charge in [-0.2, -0.15) is 0 Å². The van der Waals surface area contributed by atoms with Crippen molar-refractivity contribution in [3.8, 4) is 56.4 Å². The molecule has 2 heterocycles. The molecule has 0 unspecified atom stereocenters. The maximum Gasteiger partial charge on any atom is 0.164 e. The fourth-order valence-electron chi connectivity index (χ4n) is 7.16. The Morgan fingerprint density at radius 2 is 0.843 bits per heavy atom. The van der Waals surface area contributed by atoms with Crippen molar-refractivity contribution in [1.29, 1.82) is 0 Å². The summed E-state index contributed by atoms with van der Waals surface area (Å²) in [5.41, 5.74) is 9.20. The second kappa shape index (κ2) is 11.9. The van der Waals surface area contributed by atoms with Gasteiger partial charge in [-0.15, -0.1) is 0 Å². The van der Waals surface area contributed by atoms with Gasteiger partial charge in [-0.3, -0.25) is 0 Å². The van der Waals surface area contributed by atoms with Gasteiger partial charge in [-0.25, -0.2) is 15.0 Å². The first kappa shape index (κ1) is 29.0. The molecule has 0 atom stereocenters. The number of rotatable bonds is 5. The Morgan fingerprint density at radius 3 is 1.67 bits per heavy atom. The molecule has 10 rings (SSSR count). The van der Waals surface area contributed by atoms with Gasteiger partial charge in [0, 0.05) is 27.5 Å². The van der Waals surface area contributed by atoms with E-state index in [-0.39, 0.29) is 0 Å². The van der Waals surface area contributed by atoms with Crippen molar-refractivity contribution in [2.24, 2.45) is 0 Å². The maximum absolute atomic E-state index is 6.13. The summed E-state index contributed by atoms with van der Waals surface area (Å²) in [4.78, 5) is 15.4. The van der Waals surface area contributed by atoms with E-state index in [0.717, 1.165) is 71.5 Å². The van der Waals surface area contributed by atoms with E-state index in [9.17, 15) is 0 Å². The van der Waals surface area contributed by atoms with Crippen LogP contribution in [0.1, 0.15) is 0 Å². The number of aromatic nitrogens is 3. The Balaban J connectivity index is 1.14. The fraction of sp³-hybridized carbons (Fsp3) is 0. The van der Waals surface area contributed by atoms with Crippen LogP contribution in [0.2, 0.25) is 0 Å². The zero-order chi connectivity index (χ0) is 33.7. The summed E-state index contributed by atoms with van der Waals surface area (Å²) < 4.78 is 6.13. The van der Waals surface area contributed by atoms with Gasteiger partial charge in [0.1, 0.15) is 11.2 Å². The predicted octanol–water partition coefficient (Wildman–Crippen LogP) is 12.4. The van der Waals surface area contributed by atoms with Crippen molar-refractivity contribution in [2.45, 2.75) is 0 Å². The van der Waals surface area contributed by atoms with E-state index < -0.39 is 0 Å². The highest BCUT2D eigenvalue weighted by atomic mass is 16.3. The molecule has 0 saturated carbocycles. The smallest absolute Gasteiger partial charge is 0.164 e. The zero-order valence-corrected chi connectivity index (χ0v) is 27.5. The molecule has 51 heavy (non-hydrogen) atoms. The predicted molar refractivity (Wildman–Crippen MR) is 209 cm³/mol. The van der Waals surface area contributed by atoms with Gasteiger partial charge in [0.05, 0.1) is 0 Å². The van der Waals surface area contributed by atoms with Crippen LogP contribution in [0.4, 0.5) is 0 Å². The number of nitrogens with zero attached hydrogens (tertiary/aromatic N) is 3. The molecule has 4 nitrogen and oxygen atoms in total. The summed E-state index contributed by atoms with van der Waals surface area (Å²) in [6.45, 7) is 0. The van der Waals surface area contributed by atoms with Crippen LogP contribution in [0.15, 0.2) is 180 Å². The molecule has 0 bridgehead atoms. The zero-order valence-electron chi connectivity index (χ0n) is 27.5. The van der Waals surface area contributed by atoms with E-state index in [2.05, 4.69) is 158 Å². The molecule has 0 N–H and O–H groups in total. The fourth-order valence-corrected chi connectivity index (χ4v) is 7.16. The number of fused-ring (bicyclic) bond motifs is 5. The van der Waals surface area contributed by atoms with Crippen LogP contribution in [0.25, 0.3) is 99.9 Å². The Hall–Kier alpha value is -6.91. The number of para-hydroxylation sites is 1. The number of hydrogen-bond acceptors (Lipinski definition) is 4. The second-order valence-corrected chi connectivity index (χ2v) is 12.8. The van der Waals surface area contributed by atoms with Crippen molar-refractivity contribution in [3.05, 3.63) is 176 Å².